The van der Waals surface area contributed by atoms with Gasteiger partial charge >= 0.3 is 6.03 Å². The zero-order valence-electron chi connectivity index (χ0n) is 10.8. The van der Waals surface area contributed by atoms with E-state index in [4.69, 9.17) is 0 Å². The van der Waals surface area contributed by atoms with E-state index < -0.39 is 9.84 Å². The molecule has 2 N–H and O–H groups in total. The number of urea groups is 1. The molecule has 104 valence electrons. The molecule has 2 amide bonds. The van der Waals surface area contributed by atoms with Gasteiger partial charge in [0.15, 0.2) is 9.84 Å². The molecule has 1 aliphatic rings. The summed E-state index contributed by atoms with van der Waals surface area (Å²) in [5, 5.41) is 5.41. The number of carbonyl (C=O) groups excluding carboxylic acids is 1. The van der Waals surface area contributed by atoms with Gasteiger partial charge in [-0.05, 0) is 18.9 Å². The van der Waals surface area contributed by atoms with Gasteiger partial charge in [-0.1, -0.05) is 29.8 Å². The summed E-state index contributed by atoms with van der Waals surface area (Å²) in [5.41, 5.74) is 2.18. The number of rotatable bonds is 3. The minimum Gasteiger partial charge on any atom is -0.334 e. The minimum absolute atomic E-state index is 0.0466. The van der Waals surface area contributed by atoms with Crippen LogP contribution in [0.3, 0.4) is 0 Å². The van der Waals surface area contributed by atoms with E-state index >= 15 is 0 Å². The summed E-state index contributed by atoms with van der Waals surface area (Å²) in [6, 6.07) is 7.30. The van der Waals surface area contributed by atoms with Gasteiger partial charge in [0.1, 0.15) is 0 Å². The maximum absolute atomic E-state index is 11.6. The van der Waals surface area contributed by atoms with E-state index in [1.165, 1.54) is 5.56 Å². The van der Waals surface area contributed by atoms with Crippen LogP contribution >= 0.6 is 0 Å². The highest BCUT2D eigenvalue weighted by Gasteiger charge is 2.28. The lowest BCUT2D eigenvalue weighted by molar-refractivity contribution is 0.237. The Morgan fingerprint density at radius 3 is 2.58 bits per heavy atom. The van der Waals surface area contributed by atoms with E-state index in [0.29, 0.717) is 13.0 Å². The van der Waals surface area contributed by atoms with Crippen LogP contribution in [-0.2, 0) is 16.4 Å². The quantitative estimate of drug-likeness (QED) is 0.868. The molecule has 0 spiro atoms. The molecule has 1 atom stereocenters. The third kappa shape index (κ3) is 4.24. The van der Waals surface area contributed by atoms with E-state index in [9.17, 15) is 13.2 Å². The molecule has 0 aliphatic carbocycles. The Bertz CT molecular complexity index is 552. The number of sulfone groups is 1. The second kappa shape index (κ2) is 5.61. The molecule has 1 fully saturated rings. The zero-order valence-corrected chi connectivity index (χ0v) is 11.7. The summed E-state index contributed by atoms with van der Waals surface area (Å²) in [6.45, 7) is 2.44. The van der Waals surface area contributed by atoms with Crippen LogP contribution in [0.4, 0.5) is 4.79 Å². The Balaban J connectivity index is 1.77. The fourth-order valence-corrected chi connectivity index (χ4v) is 3.71. The lowest BCUT2D eigenvalue weighted by Crippen LogP contribution is -2.42. The topological polar surface area (TPSA) is 75.3 Å². The number of amides is 2. The molecule has 0 saturated carbocycles. The average Bonchev–Trinajstić information content (AvgIpc) is 2.68. The number of hydrogen-bond acceptors (Lipinski definition) is 3. The van der Waals surface area contributed by atoms with E-state index in [1.807, 2.05) is 31.2 Å². The second-order valence-electron chi connectivity index (χ2n) is 4.91. The van der Waals surface area contributed by atoms with E-state index in [1.54, 1.807) is 0 Å². The van der Waals surface area contributed by atoms with E-state index in [0.717, 1.165) is 5.56 Å². The van der Waals surface area contributed by atoms with Gasteiger partial charge in [0.25, 0.3) is 0 Å². The third-order valence-electron chi connectivity index (χ3n) is 3.14. The normalized spacial score (nSPS) is 21.0. The highest BCUT2D eigenvalue weighted by atomic mass is 32.2. The summed E-state index contributed by atoms with van der Waals surface area (Å²) in [5.74, 6) is 0.209. The van der Waals surface area contributed by atoms with Crippen molar-refractivity contribution in [2.75, 3.05) is 11.5 Å². The smallest absolute Gasteiger partial charge is 0.315 e. The molecule has 2 rings (SSSR count). The van der Waals surface area contributed by atoms with Gasteiger partial charge in [-0.25, -0.2) is 13.2 Å². The summed E-state index contributed by atoms with van der Waals surface area (Å²) in [7, 11) is -2.96. The van der Waals surface area contributed by atoms with Gasteiger partial charge in [0, 0.05) is 12.6 Å². The van der Waals surface area contributed by atoms with Crippen molar-refractivity contribution < 1.29 is 13.2 Å². The lowest BCUT2D eigenvalue weighted by Gasteiger charge is -2.12. The number of carbonyl (C=O) groups is 1. The molecular weight excluding hydrogens is 264 g/mol. The average molecular weight is 282 g/mol. The molecule has 1 heterocycles. The minimum atomic E-state index is -2.96. The van der Waals surface area contributed by atoms with Crippen molar-refractivity contribution in [3.63, 3.8) is 0 Å². The maximum atomic E-state index is 11.6. The molecule has 1 unspecified atom stereocenters. The third-order valence-corrected chi connectivity index (χ3v) is 4.91. The van der Waals surface area contributed by atoms with Crippen LogP contribution in [0.1, 0.15) is 17.5 Å². The number of nitrogens with one attached hydrogen (secondary N) is 2. The number of benzene rings is 1. The molecule has 1 aromatic carbocycles. The Hall–Kier alpha value is -1.56. The van der Waals surface area contributed by atoms with Crippen molar-refractivity contribution in [3.05, 3.63) is 35.4 Å². The van der Waals surface area contributed by atoms with Crippen molar-refractivity contribution in [3.8, 4) is 0 Å². The molecule has 1 aliphatic heterocycles. The van der Waals surface area contributed by atoms with Crippen LogP contribution in [0.25, 0.3) is 0 Å². The van der Waals surface area contributed by atoms with Gasteiger partial charge in [0.2, 0.25) is 0 Å². The number of hydrogen-bond donors (Lipinski definition) is 2. The van der Waals surface area contributed by atoms with Gasteiger partial charge in [-0.2, -0.15) is 0 Å². The highest BCUT2D eigenvalue weighted by Crippen LogP contribution is 2.11. The molecule has 0 radical (unpaired) electrons. The summed E-state index contributed by atoms with van der Waals surface area (Å²) >= 11 is 0. The molecule has 1 saturated heterocycles. The van der Waals surface area contributed by atoms with Crippen molar-refractivity contribution in [2.24, 2.45) is 0 Å². The number of aryl methyl sites for hydroxylation is 1. The highest BCUT2D eigenvalue weighted by molar-refractivity contribution is 7.91. The summed E-state index contributed by atoms with van der Waals surface area (Å²) < 4.78 is 22.5. The predicted octanol–water partition coefficient (Wildman–Crippen LogP) is 0.981. The molecule has 5 nitrogen and oxygen atoms in total. The van der Waals surface area contributed by atoms with Gasteiger partial charge in [-0.15, -0.1) is 0 Å². The Morgan fingerprint density at radius 1 is 1.32 bits per heavy atom. The molecule has 6 heteroatoms. The molecule has 0 bridgehead atoms. The fourth-order valence-electron chi connectivity index (χ4n) is 2.03. The molecule has 1 aromatic rings. The predicted molar refractivity (Wildman–Crippen MR) is 73.6 cm³/mol. The van der Waals surface area contributed by atoms with Crippen LogP contribution in [0.15, 0.2) is 24.3 Å². The van der Waals surface area contributed by atoms with Crippen LogP contribution in [0.2, 0.25) is 0 Å². The molecule has 0 aromatic heterocycles. The maximum Gasteiger partial charge on any atom is 0.315 e. The van der Waals surface area contributed by atoms with Gasteiger partial charge in [0.05, 0.1) is 11.5 Å². The van der Waals surface area contributed by atoms with Crippen molar-refractivity contribution in [1.82, 2.24) is 10.6 Å². The lowest BCUT2D eigenvalue weighted by atomic mass is 10.1. The molecule has 19 heavy (non-hydrogen) atoms. The monoisotopic (exact) mass is 282 g/mol. The fraction of sp³-hybridized carbons (Fsp3) is 0.462. The first-order chi connectivity index (χ1) is 8.94. The van der Waals surface area contributed by atoms with Crippen molar-refractivity contribution >= 4 is 15.9 Å². The van der Waals surface area contributed by atoms with Gasteiger partial charge in [-0.3, -0.25) is 0 Å². The van der Waals surface area contributed by atoms with Crippen molar-refractivity contribution in [1.29, 1.82) is 0 Å². The summed E-state index contributed by atoms with van der Waals surface area (Å²) in [6.07, 6.45) is 0.500. The first-order valence-corrected chi connectivity index (χ1v) is 8.07. The van der Waals surface area contributed by atoms with Crippen molar-refractivity contribution in [2.45, 2.75) is 25.9 Å². The SMILES string of the molecule is Cc1ccc(CNC(=O)NC2CCS(=O)(=O)C2)cc1. The van der Waals surface area contributed by atoms with E-state index in [2.05, 4.69) is 10.6 Å². The van der Waals surface area contributed by atoms with Crippen LogP contribution < -0.4 is 10.6 Å². The Morgan fingerprint density at radius 2 is 2.00 bits per heavy atom. The Kier molecular flexibility index (Phi) is 4.09. The largest absolute Gasteiger partial charge is 0.334 e. The van der Waals surface area contributed by atoms with Crippen LogP contribution in [0.5, 0.6) is 0 Å². The van der Waals surface area contributed by atoms with Gasteiger partial charge < -0.3 is 10.6 Å². The van der Waals surface area contributed by atoms with Crippen LogP contribution in [-0.4, -0.2) is 32.0 Å². The Labute approximate surface area is 113 Å². The zero-order chi connectivity index (χ0) is 13.9. The molecular formula is C13H18N2O3S. The summed E-state index contributed by atoms with van der Waals surface area (Å²) in [4.78, 5) is 11.6. The standard InChI is InChI=1S/C13H18N2O3S/c1-10-2-4-11(5-3-10)8-14-13(16)15-12-6-7-19(17,18)9-12/h2-5,12H,6-9H2,1H3,(H2,14,15,16). The first kappa shape index (κ1) is 13.9. The van der Waals surface area contributed by atoms with Crippen LogP contribution in [0, 0.1) is 6.92 Å². The first-order valence-electron chi connectivity index (χ1n) is 6.25. The van der Waals surface area contributed by atoms with E-state index in [-0.39, 0.29) is 23.6 Å². The second-order valence-corrected chi connectivity index (χ2v) is 7.14.